The van der Waals surface area contributed by atoms with E-state index in [1.165, 1.54) is 88.5 Å². The van der Waals surface area contributed by atoms with E-state index in [4.69, 9.17) is 26.4 Å². The Morgan fingerprint density at radius 2 is 1.51 bits per heavy atom. The topological polar surface area (TPSA) is 229 Å². The number of nitrogens with zero attached hydrogens (tertiary/aromatic N) is 1. The number of unbranched alkanes of at least 4 members (excludes halogenated alkanes) is 11. The molecular weight excluding hydrogens is 557 g/mol. The molecule has 14 heteroatoms. The fraction of sp³-hybridized carbons (Fsp3) is 0.667. The predicted molar refractivity (Wildman–Crippen MR) is 156 cm³/mol. The molecule has 0 saturated heterocycles. The lowest BCUT2D eigenvalue weighted by Gasteiger charge is -2.15. The Morgan fingerprint density at radius 3 is 1.98 bits per heavy atom. The van der Waals surface area contributed by atoms with Crippen LogP contribution in [0.4, 0.5) is 0 Å². The van der Waals surface area contributed by atoms with Gasteiger partial charge in [0, 0.05) is 0 Å². The fourth-order valence-corrected chi connectivity index (χ4v) is 4.07. The molecule has 1 rings (SSSR count). The molecule has 0 bridgehead atoms. The van der Waals surface area contributed by atoms with Crippen LogP contribution in [0, 0.1) is 10.1 Å². The standard InChI is InChI=1S/C18H38NO5P.C9H10N2O5/c1-2-3-4-5-6-7-8-9-10-11-12-13-14-15-18(20)17(19)16-24-25(21,22)23;10-8(9(12)13)5-6-1-3-7(4-2-6)16-11(14)15/h14-15,17-18,20H,2-13,16,19H2,1H3,(H2,21,22,23);1-4,8H,5,10H2,(H,12,13)/t;8-/m.0/s1. The number of aliphatic hydroxyl groups excluding tert-OH is 1. The van der Waals surface area contributed by atoms with Gasteiger partial charge in [0.05, 0.1) is 18.8 Å². The van der Waals surface area contributed by atoms with E-state index in [1.54, 1.807) is 6.08 Å². The lowest BCUT2D eigenvalue weighted by atomic mass is 10.0. The minimum Gasteiger partial charge on any atom is -0.480 e. The second-order valence-electron chi connectivity index (χ2n) is 9.80. The second kappa shape index (κ2) is 23.2. The molecule has 0 aliphatic carbocycles. The first-order valence-electron chi connectivity index (χ1n) is 14.1. The molecule has 0 saturated carbocycles. The number of allylic oxidation sites excluding steroid dienone is 1. The molecule has 0 amide bonds. The Morgan fingerprint density at radius 1 is 1.00 bits per heavy atom. The third-order valence-electron chi connectivity index (χ3n) is 6.06. The van der Waals surface area contributed by atoms with Crippen LogP contribution in [0.2, 0.25) is 0 Å². The van der Waals surface area contributed by atoms with Gasteiger partial charge in [-0.05, 0) is 37.0 Å². The van der Waals surface area contributed by atoms with Gasteiger partial charge < -0.3 is 31.5 Å². The Bertz CT molecular complexity index is 911. The summed E-state index contributed by atoms with van der Waals surface area (Å²) in [6.45, 7) is 1.86. The number of benzene rings is 1. The summed E-state index contributed by atoms with van der Waals surface area (Å²) in [5.74, 6) is -1.01. The Balaban J connectivity index is 0.000000856. The Labute approximate surface area is 242 Å². The highest BCUT2D eigenvalue weighted by molar-refractivity contribution is 7.46. The maximum Gasteiger partial charge on any atom is 0.469 e. The third-order valence-corrected chi connectivity index (χ3v) is 6.54. The van der Waals surface area contributed by atoms with Crippen LogP contribution in [0.15, 0.2) is 36.4 Å². The van der Waals surface area contributed by atoms with Crippen LogP contribution in [-0.4, -0.2) is 55.9 Å². The number of aliphatic carboxylic acids is 1. The highest BCUT2D eigenvalue weighted by atomic mass is 31.2. The van der Waals surface area contributed by atoms with E-state index < -0.39 is 37.1 Å². The number of hydrogen-bond acceptors (Lipinski definition) is 9. The van der Waals surface area contributed by atoms with Crippen LogP contribution in [-0.2, 0) is 20.3 Å². The van der Waals surface area contributed by atoms with Crippen molar-refractivity contribution in [3.63, 3.8) is 0 Å². The Hall–Kier alpha value is -2.38. The highest BCUT2D eigenvalue weighted by Gasteiger charge is 2.19. The van der Waals surface area contributed by atoms with E-state index in [1.807, 2.05) is 6.08 Å². The SMILES string of the molecule is CCCCCCCCCCCCCC=CC(O)C(N)COP(=O)(O)O.N[C@@H](Cc1ccc(O[N+](=O)[O-])cc1)C(=O)O. The van der Waals surface area contributed by atoms with Crippen molar-refractivity contribution in [2.75, 3.05) is 6.61 Å². The molecule has 41 heavy (non-hydrogen) atoms. The fourth-order valence-electron chi connectivity index (χ4n) is 3.70. The predicted octanol–water partition coefficient (Wildman–Crippen LogP) is 4.25. The first-order valence-corrected chi connectivity index (χ1v) is 15.6. The van der Waals surface area contributed by atoms with Gasteiger partial charge in [-0.25, -0.2) is 4.57 Å². The van der Waals surface area contributed by atoms with Crippen LogP contribution < -0.4 is 16.3 Å². The van der Waals surface area contributed by atoms with E-state index in [2.05, 4.69) is 16.3 Å². The summed E-state index contributed by atoms with van der Waals surface area (Å²) in [6.07, 6.45) is 17.8. The number of rotatable bonds is 22. The monoisotopic (exact) mass is 605 g/mol. The zero-order chi connectivity index (χ0) is 31.1. The number of nitrogens with two attached hydrogens (primary N) is 2. The molecule has 2 unspecified atom stereocenters. The van der Waals surface area contributed by atoms with Crippen molar-refractivity contribution in [3.8, 4) is 5.75 Å². The molecule has 0 aromatic heterocycles. The number of carboxylic acid groups (broad SMARTS) is 1. The molecule has 0 aliphatic rings. The molecule has 236 valence electrons. The van der Waals surface area contributed by atoms with Crippen molar-refractivity contribution in [3.05, 3.63) is 52.1 Å². The molecule has 13 nitrogen and oxygen atoms in total. The van der Waals surface area contributed by atoms with Gasteiger partial charge in [0.15, 0.2) is 0 Å². The average Bonchev–Trinajstić information content (AvgIpc) is 2.90. The largest absolute Gasteiger partial charge is 0.480 e. The number of phosphoric acid groups is 1. The minimum absolute atomic E-state index is 0.0812. The number of carboxylic acids is 1. The number of aliphatic hydroxyl groups is 1. The van der Waals surface area contributed by atoms with Crippen LogP contribution in [0.5, 0.6) is 5.75 Å². The number of phosphoric ester groups is 1. The molecule has 1 aromatic rings. The third kappa shape index (κ3) is 24.0. The van der Waals surface area contributed by atoms with Crippen LogP contribution in [0.3, 0.4) is 0 Å². The molecule has 0 heterocycles. The zero-order valence-corrected chi connectivity index (χ0v) is 24.8. The maximum absolute atomic E-state index is 10.6. The van der Waals surface area contributed by atoms with Crippen molar-refractivity contribution in [2.24, 2.45) is 11.5 Å². The molecule has 0 aliphatic heterocycles. The van der Waals surface area contributed by atoms with Gasteiger partial charge in [-0.15, -0.1) is 10.1 Å². The number of hydrogen-bond donors (Lipinski definition) is 6. The van der Waals surface area contributed by atoms with E-state index in [9.17, 15) is 24.6 Å². The van der Waals surface area contributed by atoms with Gasteiger partial charge in [-0.1, -0.05) is 95.4 Å². The van der Waals surface area contributed by atoms with Crippen molar-refractivity contribution in [1.29, 1.82) is 0 Å². The van der Waals surface area contributed by atoms with Crippen molar-refractivity contribution < 1.29 is 43.8 Å². The Kier molecular flexibility index (Phi) is 21.9. The van der Waals surface area contributed by atoms with Gasteiger partial charge in [0.25, 0.3) is 5.09 Å². The van der Waals surface area contributed by atoms with Crippen LogP contribution in [0.1, 0.15) is 89.5 Å². The van der Waals surface area contributed by atoms with Gasteiger partial charge in [-0.2, -0.15) is 0 Å². The second-order valence-corrected chi connectivity index (χ2v) is 11.0. The summed E-state index contributed by atoms with van der Waals surface area (Å²) >= 11 is 0. The van der Waals surface area contributed by atoms with Crippen molar-refractivity contribution in [1.82, 2.24) is 0 Å². The maximum atomic E-state index is 10.6. The molecule has 0 radical (unpaired) electrons. The average molecular weight is 606 g/mol. The summed E-state index contributed by atoms with van der Waals surface area (Å²) in [5.41, 5.74) is 11.6. The quantitative estimate of drug-likeness (QED) is 0.0358. The normalized spacial score (nSPS) is 13.7. The summed E-state index contributed by atoms with van der Waals surface area (Å²) in [5, 5.41) is 27.4. The first kappa shape index (κ1) is 38.6. The molecular formula is C27H48N3O10P. The first-order chi connectivity index (χ1) is 19.4. The zero-order valence-electron chi connectivity index (χ0n) is 23.9. The lowest BCUT2D eigenvalue weighted by molar-refractivity contribution is -0.711. The van der Waals surface area contributed by atoms with Gasteiger partial charge >= 0.3 is 13.8 Å². The van der Waals surface area contributed by atoms with Crippen LogP contribution in [0.25, 0.3) is 0 Å². The molecule has 3 atom stereocenters. The minimum atomic E-state index is -4.53. The van der Waals surface area contributed by atoms with E-state index in [-0.39, 0.29) is 18.8 Å². The van der Waals surface area contributed by atoms with Gasteiger partial charge in [-0.3, -0.25) is 14.2 Å². The van der Waals surface area contributed by atoms with Crippen molar-refractivity contribution >= 4 is 13.8 Å². The molecule has 0 spiro atoms. The molecule has 8 N–H and O–H groups in total. The van der Waals surface area contributed by atoms with E-state index >= 15 is 0 Å². The summed E-state index contributed by atoms with van der Waals surface area (Å²) in [6, 6.07) is 3.99. The summed E-state index contributed by atoms with van der Waals surface area (Å²) in [4.78, 5) is 41.8. The smallest absolute Gasteiger partial charge is 0.469 e. The molecule has 1 aromatic carbocycles. The van der Waals surface area contributed by atoms with E-state index in [0.717, 1.165) is 12.8 Å². The lowest BCUT2D eigenvalue weighted by Crippen LogP contribution is -2.37. The van der Waals surface area contributed by atoms with Crippen LogP contribution >= 0.6 is 7.82 Å². The molecule has 0 fully saturated rings. The van der Waals surface area contributed by atoms with Gasteiger partial charge in [0.2, 0.25) is 0 Å². The highest BCUT2D eigenvalue weighted by Crippen LogP contribution is 2.35. The number of carbonyl (C=O) groups is 1. The van der Waals surface area contributed by atoms with E-state index in [0.29, 0.717) is 5.56 Å². The summed E-state index contributed by atoms with van der Waals surface area (Å²) < 4.78 is 14.8. The van der Waals surface area contributed by atoms with Gasteiger partial charge in [0.1, 0.15) is 11.8 Å². The van der Waals surface area contributed by atoms with Crippen molar-refractivity contribution in [2.45, 2.75) is 109 Å². The summed E-state index contributed by atoms with van der Waals surface area (Å²) in [7, 11) is -4.53.